The number of nitro benzene ring substituents is 1. The third-order valence-electron chi connectivity index (χ3n) is 4.67. The maximum absolute atomic E-state index is 13.1. The molecule has 0 bridgehead atoms. The lowest BCUT2D eigenvalue weighted by atomic mass is 10.1. The van der Waals surface area contributed by atoms with Gasteiger partial charge in [0, 0.05) is 29.2 Å². The van der Waals surface area contributed by atoms with E-state index in [9.17, 15) is 19.7 Å². The maximum atomic E-state index is 13.1. The molecule has 2 rings (SSSR count). The molecule has 0 aliphatic carbocycles. The molecule has 2 aromatic carbocycles. The Labute approximate surface area is 197 Å². The standard InChI is InChI=1S/C23H28ClN3O6/c1-15(22(29)25-23(2,3)4)26(13-16-8-6-7-9-18(16)24)21(28)14-33-17-10-11-19(27(30)31)20(12-17)32-5/h6-12,15H,13-14H2,1-5H3,(H,25,29). The van der Waals surface area contributed by atoms with Gasteiger partial charge in [-0.3, -0.25) is 19.7 Å². The van der Waals surface area contributed by atoms with E-state index in [1.807, 2.05) is 20.8 Å². The Morgan fingerprint density at radius 3 is 2.45 bits per heavy atom. The smallest absolute Gasteiger partial charge is 0.311 e. The molecule has 2 amide bonds. The normalized spacial score (nSPS) is 11.9. The number of carbonyl (C=O) groups is 2. The summed E-state index contributed by atoms with van der Waals surface area (Å²) in [5.74, 6) is -0.546. The van der Waals surface area contributed by atoms with Gasteiger partial charge in [0.25, 0.3) is 5.91 Å². The lowest BCUT2D eigenvalue weighted by molar-refractivity contribution is -0.385. The van der Waals surface area contributed by atoms with Gasteiger partial charge in [0.05, 0.1) is 12.0 Å². The summed E-state index contributed by atoms with van der Waals surface area (Å²) in [6.45, 7) is 6.89. The molecule has 0 saturated carbocycles. The highest BCUT2D eigenvalue weighted by Gasteiger charge is 2.29. The topological polar surface area (TPSA) is 111 Å². The summed E-state index contributed by atoms with van der Waals surface area (Å²) in [6, 6.07) is 10.2. The average Bonchev–Trinajstić information content (AvgIpc) is 2.74. The first kappa shape index (κ1) is 25.9. The van der Waals surface area contributed by atoms with Crippen LogP contribution < -0.4 is 14.8 Å². The molecule has 178 valence electrons. The molecule has 0 aliphatic rings. The van der Waals surface area contributed by atoms with Crippen molar-refractivity contribution in [3.05, 3.63) is 63.2 Å². The van der Waals surface area contributed by atoms with E-state index in [-0.39, 0.29) is 29.6 Å². The third kappa shape index (κ3) is 7.35. The van der Waals surface area contributed by atoms with Crippen LogP contribution in [0.1, 0.15) is 33.3 Å². The number of rotatable bonds is 9. The molecule has 10 heteroatoms. The lowest BCUT2D eigenvalue weighted by Crippen LogP contribution is -2.53. The second-order valence-electron chi connectivity index (χ2n) is 8.41. The Kier molecular flexibility index (Phi) is 8.64. The van der Waals surface area contributed by atoms with E-state index in [2.05, 4.69) is 5.32 Å². The molecule has 9 nitrogen and oxygen atoms in total. The van der Waals surface area contributed by atoms with Crippen molar-refractivity contribution in [2.24, 2.45) is 0 Å². The van der Waals surface area contributed by atoms with Crippen LogP contribution >= 0.6 is 11.6 Å². The molecule has 0 heterocycles. The van der Waals surface area contributed by atoms with Gasteiger partial charge in [-0.25, -0.2) is 0 Å². The average molecular weight is 478 g/mol. The zero-order valence-corrected chi connectivity index (χ0v) is 20.0. The fourth-order valence-electron chi connectivity index (χ4n) is 2.99. The van der Waals surface area contributed by atoms with Crippen LogP contribution in [-0.4, -0.2) is 46.9 Å². The van der Waals surface area contributed by atoms with E-state index in [0.717, 1.165) is 0 Å². The van der Waals surface area contributed by atoms with Crippen LogP contribution in [0.15, 0.2) is 42.5 Å². The van der Waals surface area contributed by atoms with Crippen LogP contribution in [0.4, 0.5) is 5.69 Å². The quantitative estimate of drug-likeness (QED) is 0.432. The van der Waals surface area contributed by atoms with Crippen molar-refractivity contribution in [2.75, 3.05) is 13.7 Å². The predicted molar refractivity (Wildman–Crippen MR) is 125 cm³/mol. The summed E-state index contributed by atoms with van der Waals surface area (Å²) < 4.78 is 10.6. The van der Waals surface area contributed by atoms with E-state index < -0.39 is 29.0 Å². The number of carbonyl (C=O) groups excluding carboxylic acids is 2. The van der Waals surface area contributed by atoms with Crippen molar-refractivity contribution in [2.45, 2.75) is 45.8 Å². The summed E-state index contributed by atoms with van der Waals surface area (Å²) in [5, 5.41) is 14.4. The first-order chi connectivity index (χ1) is 15.4. The number of benzene rings is 2. The Balaban J connectivity index is 2.23. The molecule has 0 spiro atoms. The fraction of sp³-hybridized carbons (Fsp3) is 0.391. The largest absolute Gasteiger partial charge is 0.490 e. The van der Waals surface area contributed by atoms with E-state index in [0.29, 0.717) is 10.6 Å². The number of hydrogen-bond acceptors (Lipinski definition) is 6. The molecular weight excluding hydrogens is 450 g/mol. The number of hydrogen-bond donors (Lipinski definition) is 1. The van der Waals surface area contributed by atoms with Gasteiger partial charge in [-0.05, 0) is 45.4 Å². The lowest BCUT2D eigenvalue weighted by Gasteiger charge is -2.31. The SMILES string of the molecule is COc1cc(OCC(=O)N(Cc2ccccc2Cl)C(C)C(=O)NC(C)(C)C)ccc1[N+](=O)[O-]. The van der Waals surface area contributed by atoms with Gasteiger partial charge in [0.15, 0.2) is 6.61 Å². The minimum atomic E-state index is -0.803. The fourth-order valence-corrected chi connectivity index (χ4v) is 3.19. The van der Waals surface area contributed by atoms with Gasteiger partial charge in [-0.1, -0.05) is 29.8 Å². The van der Waals surface area contributed by atoms with Crippen LogP contribution in [-0.2, 0) is 16.1 Å². The van der Waals surface area contributed by atoms with E-state index in [1.54, 1.807) is 31.2 Å². The summed E-state index contributed by atoms with van der Waals surface area (Å²) in [6.07, 6.45) is 0. The molecular formula is C23H28ClN3O6. The number of nitro groups is 1. The van der Waals surface area contributed by atoms with Crippen molar-refractivity contribution in [3.63, 3.8) is 0 Å². The summed E-state index contributed by atoms with van der Waals surface area (Å²) >= 11 is 6.27. The van der Waals surface area contributed by atoms with Crippen LogP contribution in [0.2, 0.25) is 5.02 Å². The van der Waals surface area contributed by atoms with Crippen LogP contribution in [0.5, 0.6) is 11.5 Å². The van der Waals surface area contributed by atoms with Gasteiger partial charge in [0.1, 0.15) is 11.8 Å². The number of methoxy groups -OCH3 is 1. The van der Waals surface area contributed by atoms with Crippen molar-refractivity contribution in [1.82, 2.24) is 10.2 Å². The van der Waals surface area contributed by atoms with Crippen LogP contribution in [0, 0.1) is 10.1 Å². The molecule has 1 atom stereocenters. The summed E-state index contributed by atoms with van der Waals surface area (Å²) in [5.41, 5.74) is -0.0140. The molecule has 0 aliphatic heterocycles. The number of nitrogens with one attached hydrogen (secondary N) is 1. The van der Waals surface area contributed by atoms with E-state index >= 15 is 0 Å². The number of amides is 2. The minimum Gasteiger partial charge on any atom is -0.490 e. The highest BCUT2D eigenvalue weighted by atomic mass is 35.5. The Morgan fingerprint density at radius 1 is 1.21 bits per heavy atom. The third-order valence-corrected chi connectivity index (χ3v) is 5.04. The molecule has 0 aromatic heterocycles. The Morgan fingerprint density at radius 2 is 1.88 bits per heavy atom. The van der Waals surface area contributed by atoms with Crippen LogP contribution in [0.25, 0.3) is 0 Å². The second-order valence-corrected chi connectivity index (χ2v) is 8.81. The molecule has 1 N–H and O–H groups in total. The molecule has 0 saturated heterocycles. The van der Waals surface area contributed by atoms with Crippen molar-refractivity contribution >= 4 is 29.1 Å². The molecule has 33 heavy (non-hydrogen) atoms. The first-order valence-electron chi connectivity index (χ1n) is 10.2. The zero-order chi connectivity index (χ0) is 24.8. The highest BCUT2D eigenvalue weighted by Crippen LogP contribution is 2.30. The van der Waals surface area contributed by atoms with Gasteiger partial charge in [-0.2, -0.15) is 0 Å². The monoisotopic (exact) mass is 477 g/mol. The number of ether oxygens (including phenoxy) is 2. The molecule has 2 aromatic rings. The van der Waals surface area contributed by atoms with Gasteiger partial charge >= 0.3 is 5.69 Å². The van der Waals surface area contributed by atoms with Gasteiger partial charge < -0.3 is 19.7 Å². The molecule has 0 fully saturated rings. The zero-order valence-electron chi connectivity index (χ0n) is 19.3. The van der Waals surface area contributed by atoms with Crippen LogP contribution in [0.3, 0.4) is 0 Å². The second kappa shape index (κ2) is 11.0. The van der Waals surface area contributed by atoms with Gasteiger partial charge in [0.2, 0.25) is 11.7 Å². The van der Waals surface area contributed by atoms with E-state index in [4.69, 9.17) is 21.1 Å². The molecule has 0 radical (unpaired) electrons. The summed E-state index contributed by atoms with van der Waals surface area (Å²) in [4.78, 5) is 37.8. The molecule has 1 unspecified atom stereocenters. The Hall–Kier alpha value is -3.33. The van der Waals surface area contributed by atoms with Crippen molar-refractivity contribution < 1.29 is 24.0 Å². The number of nitrogens with zero attached hydrogens (tertiary/aromatic N) is 2. The summed E-state index contributed by atoms with van der Waals surface area (Å²) in [7, 11) is 1.30. The number of halogens is 1. The highest BCUT2D eigenvalue weighted by molar-refractivity contribution is 6.31. The predicted octanol–water partition coefficient (Wildman–Crippen LogP) is 3.97. The van der Waals surface area contributed by atoms with Crippen molar-refractivity contribution in [3.8, 4) is 11.5 Å². The maximum Gasteiger partial charge on any atom is 0.311 e. The first-order valence-corrected chi connectivity index (χ1v) is 10.6. The van der Waals surface area contributed by atoms with Crippen molar-refractivity contribution in [1.29, 1.82) is 0 Å². The minimum absolute atomic E-state index is 0.01000. The van der Waals surface area contributed by atoms with E-state index in [1.165, 1.54) is 30.2 Å². The Bertz CT molecular complexity index is 1020. The van der Waals surface area contributed by atoms with Gasteiger partial charge in [-0.15, -0.1) is 0 Å².